The third-order valence-electron chi connectivity index (χ3n) is 8.62. The van der Waals surface area contributed by atoms with Gasteiger partial charge in [-0.3, -0.25) is 18.6 Å². The highest BCUT2D eigenvalue weighted by molar-refractivity contribution is 7.47. The normalized spacial score (nSPS) is 14.0. The number of carbonyl (C=O) groups excluding carboxylic acids is 2. The molecule has 55 heavy (non-hydrogen) atoms. The van der Waals surface area contributed by atoms with Gasteiger partial charge in [0.25, 0.3) is 0 Å². The lowest BCUT2D eigenvalue weighted by atomic mass is 10.0. The van der Waals surface area contributed by atoms with E-state index in [9.17, 15) is 19.0 Å². The largest absolute Gasteiger partial charge is 0.472 e. The molecule has 0 amide bonds. The Morgan fingerprint density at radius 1 is 0.564 bits per heavy atom. The van der Waals surface area contributed by atoms with Crippen LogP contribution >= 0.6 is 7.82 Å². The molecule has 0 bridgehead atoms. The Balaban J connectivity index is 4.29. The molecule has 0 aliphatic rings. The van der Waals surface area contributed by atoms with Crippen molar-refractivity contribution in [2.24, 2.45) is 5.73 Å². The number of esters is 2. The van der Waals surface area contributed by atoms with E-state index in [0.717, 1.165) is 57.8 Å². The number of unbranched alkanes of at least 4 members (excludes halogenated alkanes) is 14. The Labute approximate surface area is 335 Å². The molecule has 0 spiro atoms. The van der Waals surface area contributed by atoms with Crippen molar-refractivity contribution in [2.75, 3.05) is 26.4 Å². The highest BCUT2D eigenvalue weighted by Crippen LogP contribution is 2.43. The summed E-state index contributed by atoms with van der Waals surface area (Å²) >= 11 is 0. The predicted octanol–water partition coefficient (Wildman–Crippen LogP) is 12.3. The Morgan fingerprint density at radius 2 is 1.00 bits per heavy atom. The van der Waals surface area contributed by atoms with Crippen LogP contribution in [0.15, 0.2) is 72.9 Å². The summed E-state index contributed by atoms with van der Waals surface area (Å²) in [6.07, 6.45) is 49.4. The van der Waals surface area contributed by atoms with Crippen molar-refractivity contribution < 1.29 is 37.6 Å². The Bertz CT molecular complexity index is 1130. The van der Waals surface area contributed by atoms with Crippen molar-refractivity contribution in [2.45, 2.75) is 174 Å². The second-order valence-corrected chi connectivity index (χ2v) is 15.3. The van der Waals surface area contributed by atoms with Gasteiger partial charge in [-0.2, -0.15) is 0 Å². The molecule has 0 saturated carbocycles. The highest BCUT2D eigenvalue weighted by atomic mass is 31.2. The molecule has 3 N–H and O–H groups in total. The number of ether oxygens (including phenoxy) is 2. The molecule has 0 aromatic carbocycles. The highest BCUT2D eigenvalue weighted by Gasteiger charge is 2.25. The molecule has 2 atom stereocenters. The van der Waals surface area contributed by atoms with E-state index in [2.05, 4.69) is 74.6 Å². The first-order chi connectivity index (χ1) is 26.8. The summed E-state index contributed by atoms with van der Waals surface area (Å²) in [5.74, 6) is -0.928. The molecule has 0 aliphatic heterocycles. The lowest BCUT2D eigenvalue weighted by molar-refractivity contribution is -0.161. The summed E-state index contributed by atoms with van der Waals surface area (Å²) in [4.78, 5) is 34.8. The molecule has 0 heterocycles. The van der Waals surface area contributed by atoms with Crippen LogP contribution in [-0.4, -0.2) is 49.3 Å². The second kappa shape index (κ2) is 41.1. The number of phosphoric ester groups is 1. The number of hydrogen-bond donors (Lipinski definition) is 2. The van der Waals surface area contributed by atoms with Crippen LogP contribution in [-0.2, 0) is 32.7 Å². The fraction of sp³-hybridized carbons (Fsp3) is 0.689. The van der Waals surface area contributed by atoms with Crippen molar-refractivity contribution in [1.29, 1.82) is 0 Å². The number of carbonyl (C=O) groups is 2. The molecule has 0 aromatic heterocycles. The molecular weight excluding hydrogens is 713 g/mol. The maximum atomic E-state index is 12.6. The van der Waals surface area contributed by atoms with Gasteiger partial charge in [0, 0.05) is 19.4 Å². The summed E-state index contributed by atoms with van der Waals surface area (Å²) < 4.78 is 32.7. The minimum Gasteiger partial charge on any atom is -0.462 e. The van der Waals surface area contributed by atoms with Crippen LogP contribution in [0.5, 0.6) is 0 Å². The number of nitrogens with two attached hydrogens (primary N) is 1. The molecule has 1 unspecified atom stereocenters. The zero-order valence-electron chi connectivity index (χ0n) is 34.6. The van der Waals surface area contributed by atoms with Crippen LogP contribution in [0.1, 0.15) is 168 Å². The van der Waals surface area contributed by atoms with E-state index < -0.39 is 32.5 Å². The van der Waals surface area contributed by atoms with E-state index in [1.165, 1.54) is 70.6 Å². The fourth-order valence-corrected chi connectivity index (χ4v) is 6.25. The van der Waals surface area contributed by atoms with Gasteiger partial charge in [0.05, 0.1) is 13.2 Å². The zero-order valence-corrected chi connectivity index (χ0v) is 35.5. The smallest absolute Gasteiger partial charge is 0.462 e. The Morgan fingerprint density at radius 3 is 1.45 bits per heavy atom. The molecule has 0 saturated heterocycles. The van der Waals surface area contributed by atoms with E-state index in [-0.39, 0.29) is 32.6 Å². The van der Waals surface area contributed by atoms with Gasteiger partial charge in [0.15, 0.2) is 6.10 Å². The van der Waals surface area contributed by atoms with Crippen LogP contribution in [0, 0.1) is 0 Å². The zero-order chi connectivity index (χ0) is 40.3. The lowest BCUT2D eigenvalue weighted by Gasteiger charge is -2.19. The SMILES string of the molecule is CC/C=C\C/C=C\C/C=C\C/C=C\C/C=C\C/C=C\CCC(=O)OC[C@H](COP(=O)(O)OCCN)OC(=O)CCCCCCCCCCCCCCCCC. The predicted molar refractivity (Wildman–Crippen MR) is 229 cm³/mol. The van der Waals surface area contributed by atoms with E-state index in [0.29, 0.717) is 12.8 Å². The van der Waals surface area contributed by atoms with Gasteiger partial charge in [-0.1, -0.05) is 177 Å². The third kappa shape index (κ3) is 40.9. The quantitative estimate of drug-likeness (QED) is 0.0270. The van der Waals surface area contributed by atoms with Crippen molar-refractivity contribution in [3.05, 3.63) is 72.9 Å². The van der Waals surface area contributed by atoms with Gasteiger partial charge < -0.3 is 20.1 Å². The van der Waals surface area contributed by atoms with Crippen LogP contribution in [0.25, 0.3) is 0 Å². The number of hydrogen-bond acceptors (Lipinski definition) is 8. The maximum absolute atomic E-state index is 12.6. The monoisotopic (exact) mass is 792 g/mol. The van der Waals surface area contributed by atoms with E-state index in [4.69, 9.17) is 24.3 Å². The molecule has 0 aromatic rings. The first-order valence-electron chi connectivity index (χ1n) is 21.4. The molecular formula is C45H78NO8P. The first-order valence-corrected chi connectivity index (χ1v) is 22.9. The fourth-order valence-electron chi connectivity index (χ4n) is 5.48. The third-order valence-corrected chi connectivity index (χ3v) is 9.60. The maximum Gasteiger partial charge on any atom is 0.472 e. The minimum absolute atomic E-state index is 0.0416. The molecule has 0 fully saturated rings. The molecule has 9 nitrogen and oxygen atoms in total. The van der Waals surface area contributed by atoms with Gasteiger partial charge in [-0.15, -0.1) is 0 Å². The topological polar surface area (TPSA) is 134 Å². The summed E-state index contributed by atoms with van der Waals surface area (Å²) in [5.41, 5.74) is 5.34. The van der Waals surface area contributed by atoms with Gasteiger partial charge >= 0.3 is 19.8 Å². The lowest BCUT2D eigenvalue weighted by Crippen LogP contribution is -2.29. The van der Waals surface area contributed by atoms with E-state index in [1.54, 1.807) is 0 Å². The van der Waals surface area contributed by atoms with Gasteiger partial charge in [-0.25, -0.2) is 4.57 Å². The molecule has 0 aliphatic carbocycles. The molecule has 0 rings (SSSR count). The van der Waals surface area contributed by atoms with E-state index >= 15 is 0 Å². The van der Waals surface area contributed by atoms with E-state index in [1.807, 2.05) is 12.2 Å². The van der Waals surface area contributed by atoms with Gasteiger partial charge in [0.1, 0.15) is 6.61 Å². The molecule has 0 radical (unpaired) electrons. The average molecular weight is 792 g/mol. The molecule has 316 valence electrons. The van der Waals surface area contributed by atoms with Crippen LogP contribution in [0.4, 0.5) is 0 Å². The summed E-state index contributed by atoms with van der Waals surface area (Å²) in [6, 6.07) is 0. The first kappa shape index (κ1) is 52.5. The van der Waals surface area contributed by atoms with Crippen LogP contribution in [0.3, 0.4) is 0 Å². The van der Waals surface area contributed by atoms with Crippen molar-refractivity contribution >= 4 is 19.8 Å². The standard InChI is InChI=1S/C45H78NO8P/c1-3-5-7-9-11-13-15-17-19-20-21-22-24-25-27-29-31-33-35-37-44(47)51-41-43(42-53-55(49,50)52-40-39-46)54-45(48)38-36-34-32-30-28-26-23-18-16-14-12-10-8-6-4-2/h5,7,11,13,17,19,21-22,25,27,31,33,43H,3-4,6,8-10,12,14-16,18,20,23-24,26,28-30,32,34-42,46H2,1-2H3,(H,49,50)/b7-5-,13-11-,19-17-,22-21-,27-25-,33-31-/t43-/m1/s1. The minimum atomic E-state index is -4.39. The number of phosphoric acid groups is 1. The Kier molecular flexibility index (Phi) is 39.2. The van der Waals surface area contributed by atoms with Crippen molar-refractivity contribution in [1.82, 2.24) is 0 Å². The van der Waals surface area contributed by atoms with Crippen LogP contribution in [0.2, 0.25) is 0 Å². The Hall–Kier alpha value is -2.55. The number of rotatable bonds is 39. The van der Waals surface area contributed by atoms with Crippen molar-refractivity contribution in [3.63, 3.8) is 0 Å². The summed E-state index contributed by atoms with van der Waals surface area (Å²) in [6.45, 7) is 3.53. The molecule has 10 heteroatoms. The summed E-state index contributed by atoms with van der Waals surface area (Å²) in [7, 11) is -4.39. The van der Waals surface area contributed by atoms with Gasteiger partial charge in [-0.05, 0) is 51.4 Å². The second-order valence-electron chi connectivity index (χ2n) is 13.8. The summed E-state index contributed by atoms with van der Waals surface area (Å²) in [5, 5.41) is 0. The average Bonchev–Trinajstić information content (AvgIpc) is 3.17. The van der Waals surface area contributed by atoms with Crippen molar-refractivity contribution in [3.8, 4) is 0 Å². The van der Waals surface area contributed by atoms with Gasteiger partial charge in [0.2, 0.25) is 0 Å². The van der Waals surface area contributed by atoms with Crippen LogP contribution < -0.4 is 5.73 Å². The number of allylic oxidation sites excluding steroid dienone is 12.